The number of aliphatic carboxylic acids is 1. The third kappa shape index (κ3) is 3.22. The number of halogens is 1. The van der Waals surface area contributed by atoms with Crippen LogP contribution in [-0.2, 0) is 20.7 Å². The first-order valence-corrected chi connectivity index (χ1v) is 8.15. The Labute approximate surface area is 138 Å². The Morgan fingerprint density at radius 2 is 1.86 bits per heavy atom. The number of methoxy groups -OCH3 is 1. The molecule has 0 spiro atoms. The van der Waals surface area contributed by atoms with Gasteiger partial charge in [-0.25, -0.2) is 0 Å². The molecule has 1 saturated carbocycles. The van der Waals surface area contributed by atoms with E-state index < -0.39 is 17.4 Å². The number of carbonyl (C=O) groups is 2. The molecule has 1 unspecified atom stereocenters. The number of hydrogen-bond donors (Lipinski definition) is 1. The standard InChI is InChI=1S/C16H19IO4/c1-21-15(20)16(14(18)19,12-4-2-3-5-12)10-11-6-8-13(17)9-7-11/h6-9,12H,2-5,10H2,1H3,(H,18,19). The number of carboxylic acids is 1. The molecule has 1 aromatic carbocycles. The number of carbonyl (C=O) groups excluding carboxylic acids is 1. The Morgan fingerprint density at radius 1 is 1.29 bits per heavy atom. The van der Waals surface area contributed by atoms with Gasteiger partial charge in [-0.1, -0.05) is 25.0 Å². The van der Waals surface area contributed by atoms with E-state index in [-0.39, 0.29) is 12.3 Å². The minimum Gasteiger partial charge on any atom is -0.480 e. The molecule has 1 fully saturated rings. The van der Waals surface area contributed by atoms with Gasteiger partial charge in [-0.3, -0.25) is 9.59 Å². The van der Waals surface area contributed by atoms with Crippen LogP contribution in [0.25, 0.3) is 0 Å². The lowest BCUT2D eigenvalue weighted by atomic mass is 9.70. The van der Waals surface area contributed by atoms with E-state index in [4.69, 9.17) is 4.74 Å². The number of benzene rings is 1. The van der Waals surface area contributed by atoms with Crippen molar-refractivity contribution in [2.24, 2.45) is 11.3 Å². The highest BCUT2D eigenvalue weighted by Gasteiger charge is 2.54. The van der Waals surface area contributed by atoms with Crippen molar-refractivity contribution in [2.45, 2.75) is 32.1 Å². The normalized spacial score (nSPS) is 18.2. The smallest absolute Gasteiger partial charge is 0.323 e. The van der Waals surface area contributed by atoms with Gasteiger partial charge >= 0.3 is 11.9 Å². The lowest BCUT2D eigenvalue weighted by Crippen LogP contribution is -2.47. The molecule has 0 amide bonds. The molecule has 0 bridgehead atoms. The average Bonchev–Trinajstić information content (AvgIpc) is 3.00. The molecule has 1 N–H and O–H groups in total. The van der Waals surface area contributed by atoms with Crippen LogP contribution in [0.1, 0.15) is 31.2 Å². The quantitative estimate of drug-likeness (QED) is 0.467. The van der Waals surface area contributed by atoms with E-state index in [2.05, 4.69) is 22.6 Å². The number of esters is 1. The van der Waals surface area contributed by atoms with Gasteiger partial charge < -0.3 is 9.84 Å². The highest BCUT2D eigenvalue weighted by atomic mass is 127. The molecule has 1 aliphatic carbocycles. The Balaban J connectivity index is 2.40. The highest BCUT2D eigenvalue weighted by Crippen LogP contribution is 2.43. The van der Waals surface area contributed by atoms with E-state index in [0.717, 1.165) is 34.8 Å². The summed E-state index contributed by atoms with van der Waals surface area (Å²) < 4.78 is 5.94. The van der Waals surface area contributed by atoms with Gasteiger partial charge in [0.2, 0.25) is 0 Å². The molecule has 2 rings (SSSR count). The molecule has 1 aliphatic rings. The Morgan fingerprint density at radius 3 is 2.33 bits per heavy atom. The number of carboxylic acid groups (broad SMARTS) is 1. The molecule has 0 aromatic heterocycles. The molecule has 1 aromatic rings. The molecule has 114 valence electrons. The second-order valence-electron chi connectivity index (χ2n) is 5.55. The summed E-state index contributed by atoms with van der Waals surface area (Å²) >= 11 is 2.20. The van der Waals surface area contributed by atoms with Gasteiger partial charge in [-0.05, 0) is 65.5 Å². The van der Waals surface area contributed by atoms with E-state index in [1.807, 2.05) is 24.3 Å². The summed E-state index contributed by atoms with van der Waals surface area (Å²) in [6.07, 6.45) is 3.68. The maximum atomic E-state index is 12.3. The molecular weight excluding hydrogens is 383 g/mol. The second-order valence-corrected chi connectivity index (χ2v) is 6.80. The first kappa shape index (κ1) is 16.3. The topological polar surface area (TPSA) is 63.6 Å². The Bertz CT molecular complexity index is 520. The lowest BCUT2D eigenvalue weighted by Gasteiger charge is -2.32. The molecule has 21 heavy (non-hydrogen) atoms. The predicted octanol–water partition coefficient (Wildman–Crippen LogP) is 3.27. The summed E-state index contributed by atoms with van der Waals surface area (Å²) in [5, 5.41) is 9.80. The van der Waals surface area contributed by atoms with Crippen LogP contribution in [0.15, 0.2) is 24.3 Å². The summed E-state index contributed by atoms with van der Waals surface area (Å²) in [6.45, 7) is 0. The van der Waals surface area contributed by atoms with Crippen molar-refractivity contribution in [1.29, 1.82) is 0 Å². The van der Waals surface area contributed by atoms with Crippen molar-refractivity contribution in [3.8, 4) is 0 Å². The van der Waals surface area contributed by atoms with Crippen LogP contribution in [0, 0.1) is 14.9 Å². The zero-order chi connectivity index (χ0) is 15.5. The van der Waals surface area contributed by atoms with E-state index in [1.54, 1.807) is 0 Å². The maximum absolute atomic E-state index is 12.3. The van der Waals surface area contributed by atoms with Crippen LogP contribution < -0.4 is 0 Å². The number of rotatable bonds is 5. The fraction of sp³-hybridized carbons (Fsp3) is 0.500. The molecule has 0 aliphatic heterocycles. The predicted molar refractivity (Wildman–Crippen MR) is 86.9 cm³/mol. The maximum Gasteiger partial charge on any atom is 0.323 e. The average molecular weight is 402 g/mol. The molecule has 1 atom stereocenters. The first-order valence-electron chi connectivity index (χ1n) is 7.07. The van der Waals surface area contributed by atoms with Crippen molar-refractivity contribution >= 4 is 34.5 Å². The summed E-state index contributed by atoms with van der Waals surface area (Å²) in [5.41, 5.74) is -0.604. The van der Waals surface area contributed by atoms with Gasteiger partial charge in [-0.15, -0.1) is 0 Å². The first-order chi connectivity index (χ1) is 10.0. The molecule has 0 heterocycles. The zero-order valence-corrected chi connectivity index (χ0v) is 14.1. The number of ether oxygens (including phenoxy) is 1. The molecule has 5 heteroatoms. The highest BCUT2D eigenvalue weighted by molar-refractivity contribution is 14.1. The molecule has 0 radical (unpaired) electrons. The molecule has 4 nitrogen and oxygen atoms in total. The molecular formula is C16H19IO4. The summed E-state index contributed by atoms with van der Waals surface area (Å²) in [5.74, 6) is -1.85. The van der Waals surface area contributed by atoms with Gasteiger partial charge in [0.1, 0.15) is 0 Å². The van der Waals surface area contributed by atoms with Crippen molar-refractivity contribution < 1.29 is 19.4 Å². The van der Waals surface area contributed by atoms with Crippen LogP contribution in [0.5, 0.6) is 0 Å². The van der Waals surface area contributed by atoms with Gasteiger partial charge in [0.15, 0.2) is 5.41 Å². The van der Waals surface area contributed by atoms with E-state index >= 15 is 0 Å². The largest absolute Gasteiger partial charge is 0.480 e. The van der Waals surface area contributed by atoms with Crippen molar-refractivity contribution in [2.75, 3.05) is 7.11 Å². The van der Waals surface area contributed by atoms with Crippen LogP contribution in [-0.4, -0.2) is 24.2 Å². The summed E-state index contributed by atoms with van der Waals surface area (Å²) in [6, 6.07) is 7.62. The van der Waals surface area contributed by atoms with Gasteiger partial charge in [0.05, 0.1) is 7.11 Å². The molecule has 0 saturated heterocycles. The van der Waals surface area contributed by atoms with Crippen LogP contribution in [0.4, 0.5) is 0 Å². The third-order valence-electron chi connectivity index (χ3n) is 4.38. The van der Waals surface area contributed by atoms with Crippen LogP contribution in [0.2, 0.25) is 0 Å². The summed E-state index contributed by atoms with van der Waals surface area (Å²) in [4.78, 5) is 24.3. The van der Waals surface area contributed by atoms with E-state index in [1.165, 1.54) is 7.11 Å². The fourth-order valence-corrected chi connectivity index (χ4v) is 3.61. The van der Waals surface area contributed by atoms with Crippen molar-refractivity contribution in [3.05, 3.63) is 33.4 Å². The van der Waals surface area contributed by atoms with E-state index in [9.17, 15) is 14.7 Å². The minimum absolute atomic E-state index is 0.151. The monoisotopic (exact) mass is 402 g/mol. The Hall–Kier alpha value is -1.11. The van der Waals surface area contributed by atoms with Crippen LogP contribution >= 0.6 is 22.6 Å². The fourth-order valence-electron chi connectivity index (χ4n) is 3.25. The third-order valence-corrected chi connectivity index (χ3v) is 5.10. The Kier molecular flexibility index (Phi) is 5.24. The zero-order valence-electron chi connectivity index (χ0n) is 12.0. The van der Waals surface area contributed by atoms with Crippen molar-refractivity contribution in [1.82, 2.24) is 0 Å². The van der Waals surface area contributed by atoms with E-state index in [0.29, 0.717) is 0 Å². The van der Waals surface area contributed by atoms with Crippen molar-refractivity contribution in [3.63, 3.8) is 0 Å². The second kappa shape index (κ2) is 6.77. The van der Waals surface area contributed by atoms with Gasteiger partial charge in [0.25, 0.3) is 0 Å². The van der Waals surface area contributed by atoms with Gasteiger partial charge in [0, 0.05) is 3.57 Å². The minimum atomic E-state index is -1.46. The number of hydrogen-bond acceptors (Lipinski definition) is 3. The lowest BCUT2D eigenvalue weighted by molar-refractivity contribution is -0.171. The SMILES string of the molecule is COC(=O)C(Cc1ccc(I)cc1)(C(=O)O)C1CCCC1. The van der Waals surface area contributed by atoms with Gasteiger partial charge in [-0.2, -0.15) is 0 Å². The van der Waals surface area contributed by atoms with Crippen LogP contribution in [0.3, 0.4) is 0 Å². The summed E-state index contributed by atoms with van der Waals surface area (Å²) in [7, 11) is 1.27.